The van der Waals surface area contributed by atoms with E-state index in [1.165, 1.54) is 29.1 Å². The summed E-state index contributed by atoms with van der Waals surface area (Å²) >= 11 is 0. The van der Waals surface area contributed by atoms with Gasteiger partial charge < -0.3 is 10.1 Å². The lowest BCUT2D eigenvalue weighted by atomic mass is 9.98. The standard InChI is InChI=1S/C17H13F3N4O3/c1-24-15(10-6-8(27-17(18,19)20)2-3-11(10)23-24)13-7-12-14(22-13)9(16(25)26)4-5-21-12/h2-5,7-8,22H,6H2,1H3,(H,25,26). The van der Waals surface area contributed by atoms with Gasteiger partial charge in [-0.15, -0.1) is 13.2 Å². The number of fused-ring (bicyclic) bond motifs is 2. The van der Waals surface area contributed by atoms with Crippen molar-refractivity contribution in [3.8, 4) is 11.4 Å². The number of aryl methyl sites for hydroxylation is 1. The second kappa shape index (κ2) is 5.95. The third-order valence-electron chi connectivity index (χ3n) is 4.34. The Kier molecular flexibility index (Phi) is 3.81. The maximum atomic E-state index is 12.6. The van der Waals surface area contributed by atoms with Gasteiger partial charge in [-0.3, -0.25) is 14.4 Å². The second-order valence-electron chi connectivity index (χ2n) is 6.11. The first-order valence-corrected chi connectivity index (χ1v) is 7.93. The number of pyridine rings is 1. The molecule has 1 atom stereocenters. The molecule has 0 saturated heterocycles. The number of carboxylic acid groups (broad SMARTS) is 1. The van der Waals surface area contributed by atoms with E-state index in [9.17, 15) is 23.1 Å². The molecule has 0 saturated carbocycles. The van der Waals surface area contributed by atoms with E-state index >= 15 is 0 Å². The fourth-order valence-electron chi connectivity index (χ4n) is 3.31. The molecule has 4 rings (SSSR count). The van der Waals surface area contributed by atoms with Crippen LogP contribution in [-0.2, 0) is 18.2 Å². The van der Waals surface area contributed by atoms with Crippen molar-refractivity contribution in [1.29, 1.82) is 0 Å². The zero-order valence-electron chi connectivity index (χ0n) is 13.9. The summed E-state index contributed by atoms with van der Waals surface area (Å²) in [7, 11) is 1.66. The number of aromatic amines is 1. The third kappa shape index (κ3) is 3.08. The Morgan fingerprint density at radius 1 is 1.44 bits per heavy atom. The molecule has 27 heavy (non-hydrogen) atoms. The molecule has 0 aromatic carbocycles. The van der Waals surface area contributed by atoms with Crippen LogP contribution in [0.15, 0.2) is 24.4 Å². The third-order valence-corrected chi connectivity index (χ3v) is 4.34. The van der Waals surface area contributed by atoms with Gasteiger partial charge in [0.15, 0.2) is 0 Å². The normalized spacial score (nSPS) is 16.7. The number of hydrogen-bond donors (Lipinski definition) is 2. The van der Waals surface area contributed by atoms with Crippen molar-refractivity contribution in [1.82, 2.24) is 19.7 Å². The van der Waals surface area contributed by atoms with Crippen LogP contribution in [0.1, 0.15) is 21.6 Å². The van der Waals surface area contributed by atoms with Gasteiger partial charge in [0.05, 0.1) is 39.8 Å². The number of ether oxygens (including phenoxy) is 1. The monoisotopic (exact) mass is 378 g/mol. The fourth-order valence-corrected chi connectivity index (χ4v) is 3.31. The van der Waals surface area contributed by atoms with Crippen LogP contribution in [0.5, 0.6) is 0 Å². The Morgan fingerprint density at radius 2 is 2.22 bits per heavy atom. The largest absolute Gasteiger partial charge is 0.523 e. The highest BCUT2D eigenvalue weighted by atomic mass is 19.4. The van der Waals surface area contributed by atoms with Crippen LogP contribution in [0.4, 0.5) is 13.2 Å². The summed E-state index contributed by atoms with van der Waals surface area (Å²) in [6, 6.07) is 3.02. The van der Waals surface area contributed by atoms with Crippen molar-refractivity contribution in [2.24, 2.45) is 7.05 Å². The van der Waals surface area contributed by atoms with E-state index in [-0.39, 0.29) is 12.0 Å². The van der Waals surface area contributed by atoms with Crippen LogP contribution in [0.3, 0.4) is 0 Å². The van der Waals surface area contributed by atoms with E-state index in [0.717, 1.165) is 0 Å². The molecule has 1 unspecified atom stereocenters. The lowest BCUT2D eigenvalue weighted by Crippen LogP contribution is -2.25. The highest BCUT2D eigenvalue weighted by Crippen LogP contribution is 2.34. The van der Waals surface area contributed by atoms with Gasteiger partial charge in [-0.2, -0.15) is 5.10 Å². The summed E-state index contributed by atoms with van der Waals surface area (Å²) in [4.78, 5) is 18.5. The van der Waals surface area contributed by atoms with E-state index in [0.29, 0.717) is 33.7 Å². The van der Waals surface area contributed by atoms with Gasteiger partial charge in [0.1, 0.15) is 0 Å². The predicted molar refractivity (Wildman–Crippen MR) is 88.9 cm³/mol. The Bertz CT molecular complexity index is 1080. The molecule has 7 nitrogen and oxygen atoms in total. The Balaban J connectivity index is 1.80. The molecule has 0 aliphatic heterocycles. The van der Waals surface area contributed by atoms with Gasteiger partial charge in [-0.05, 0) is 18.2 Å². The minimum atomic E-state index is -4.74. The van der Waals surface area contributed by atoms with Crippen LogP contribution >= 0.6 is 0 Å². The maximum Gasteiger partial charge on any atom is 0.523 e. The summed E-state index contributed by atoms with van der Waals surface area (Å²) in [5, 5.41) is 13.6. The van der Waals surface area contributed by atoms with Crippen molar-refractivity contribution in [2.75, 3.05) is 0 Å². The molecule has 1 aliphatic rings. The van der Waals surface area contributed by atoms with Gasteiger partial charge in [-0.25, -0.2) is 4.79 Å². The van der Waals surface area contributed by atoms with E-state index in [4.69, 9.17) is 0 Å². The van der Waals surface area contributed by atoms with Crippen molar-refractivity contribution >= 4 is 23.1 Å². The summed E-state index contributed by atoms with van der Waals surface area (Å²) in [5.74, 6) is -1.11. The average Bonchev–Trinajstić information content (AvgIpc) is 3.12. The maximum absolute atomic E-state index is 12.6. The highest BCUT2D eigenvalue weighted by molar-refractivity contribution is 6.02. The molecule has 0 amide bonds. The molecule has 2 N–H and O–H groups in total. The van der Waals surface area contributed by atoms with Crippen molar-refractivity contribution in [3.63, 3.8) is 0 Å². The molecular weight excluding hydrogens is 365 g/mol. The quantitative estimate of drug-likeness (QED) is 0.730. The summed E-state index contributed by atoms with van der Waals surface area (Å²) in [6.07, 6.45) is -1.71. The Morgan fingerprint density at radius 3 is 2.93 bits per heavy atom. The first kappa shape index (κ1) is 17.3. The van der Waals surface area contributed by atoms with Crippen LogP contribution in [0.2, 0.25) is 0 Å². The summed E-state index contributed by atoms with van der Waals surface area (Å²) < 4.78 is 43.3. The number of aromatic carboxylic acids is 1. The van der Waals surface area contributed by atoms with E-state index in [1.807, 2.05) is 0 Å². The summed E-state index contributed by atoms with van der Waals surface area (Å²) in [5.41, 5.74) is 3.03. The molecule has 3 aromatic rings. The summed E-state index contributed by atoms with van der Waals surface area (Å²) in [6.45, 7) is 0. The number of halogens is 3. The molecule has 0 spiro atoms. The first-order valence-electron chi connectivity index (χ1n) is 7.93. The van der Waals surface area contributed by atoms with E-state index < -0.39 is 18.4 Å². The minimum Gasteiger partial charge on any atom is -0.478 e. The van der Waals surface area contributed by atoms with E-state index in [1.54, 1.807) is 13.1 Å². The molecule has 10 heteroatoms. The molecule has 3 heterocycles. The topological polar surface area (TPSA) is 93.0 Å². The van der Waals surface area contributed by atoms with Gasteiger partial charge in [-0.1, -0.05) is 6.08 Å². The Hall–Kier alpha value is -3.14. The molecule has 0 fully saturated rings. The van der Waals surface area contributed by atoms with E-state index in [2.05, 4.69) is 19.8 Å². The van der Waals surface area contributed by atoms with Gasteiger partial charge in [0, 0.05) is 25.2 Å². The second-order valence-corrected chi connectivity index (χ2v) is 6.11. The van der Waals surface area contributed by atoms with Crippen LogP contribution < -0.4 is 0 Å². The fraction of sp³-hybridized carbons (Fsp3) is 0.235. The van der Waals surface area contributed by atoms with Crippen molar-refractivity contribution in [2.45, 2.75) is 18.9 Å². The zero-order chi connectivity index (χ0) is 19.3. The number of carboxylic acids is 1. The lowest BCUT2D eigenvalue weighted by molar-refractivity contribution is -0.336. The highest BCUT2D eigenvalue weighted by Gasteiger charge is 2.35. The number of carbonyl (C=O) groups is 1. The SMILES string of the molecule is Cn1nc2c(c1-c1cc3nccc(C(=O)O)c3[nH]1)CC(OC(F)(F)F)C=C2. The lowest BCUT2D eigenvalue weighted by Gasteiger charge is -2.19. The van der Waals surface area contributed by atoms with Crippen LogP contribution in [-0.4, -0.2) is 43.3 Å². The zero-order valence-corrected chi connectivity index (χ0v) is 13.9. The predicted octanol–water partition coefficient (Wildman–Crippen LogP) is 3.14. The molecule has 140 valence electrons. The van der Waals surface area contributed by atoms with Crippen LogP contribution in [0.25, 0.3) is 28.5 Å². The smallest absolute Gasteiger partial charge is 0.478 e. The van der Waals surface area contributed by atoms with Crippen molar-refractivity contribution in [3.05, 3.63) is 41.2 Å². The number of aromatic nitrogens is 4. The number of H-pyrrole nitrogens is 1. The molecule has 0 radical (unpaired) electrons. The molecule has 1 aliphatic carbocycles. The van der Waals surface area contributed by atoms with Crippen molar-refractivity contribution < 1.29 is 27.8 Å². The number of nitrogens with zero attached hydrogens (tertiary/aromatic N) is 3. The number of hydrogen-bond acceptors (Lipinski definition) is 4. The Labute approximate surface area is 150 Å². The number of alkyl halides is 3. The first-order chi connectivity index (χ1) is 12.7. The molecule has 0 bridgehead atoms. The van der Waals surface area contributed by atoms with Crippen LogP contribution in [0, 0.1) is 0 Å². The molecule has 3 aromatic heterocycles. The molecular formula is C17H13F3N4O3. The number of rotatable bonds is 3. The van der Waals surface area contributed by atoms with Gasteiger partial charge >= 0.3 is 12.3 Å². The number of nitrogens with one attached hydrogen (secondary N) is 1. The van der Waals surface area contributed by atoms with Gasteiger partial charge in [0.2, 0.25) is 0 Å². The average molecular weight is 378 g/mol. The minimum absolute atomic E-state index is 0.0108. The van der Waals surface area contributed by atoms with Gasteiger partial charge in [0.25, 0.3) is 0 Å².